The SMILES string of the molecule is C=C1CC(C(C)C)/C(=C\CC)N1NSC. The molecule has 0 aromatic heterocycles. The minimum absolute atomic E-state index is 0.622. The summed E-state index contributed by atoms with van der Waals surface area (Å²) < 4.78 is 0. The van der Waals surface area contributed by atoms with E-state index in [1.54, 1.807) is 11.9 Å². The largest absolute Gasteiger partial charge is 0.276 e. The van der Waals surface area contributed by atoms with Gasteiger partial charge in [0.25, 0.3) is 0 Å². The number of rotatable bonds is 4. The van der Waals surface area contributed by atoms with E-state index < -0.39 is 0 Å². The van der Waals surface area contributed by atoms with E-state index >= 15 is 0 Å². The minimum atomic E-state index is 0.622. The number of hydrogen-bond acceptors (Lipinski definition) is 3. The highest BCUT2D eigenvalue weighted by Crippen LogP contribution is 2.38. The van der Waals surface area contributed by atoms with Gasteiger partial charge in [-0.05, 0) is 25.0 Å². The Bertz CT molecular complexity index is 258. The molecule has 1 aliphatic rings. The van der Waals surface area contributed by atoms with E-state index in [0.29, 0.717) is 11.8 Å². The highest BCUT2D eigenvalue weighted by molar-refractivity contribution is 7.96. The van der Waals surface area contributed by atoms with Crippen molar-refractivity contribution < 1.29 is 0 Å². The van der Waals surface area contributed by atoms with Crippen LogP contribution in [0.1, 0.15) is 33.6 Å². The predicted octanol–water partition coefficient (Wildman–Crippen LogP) is 3.55. The standard InChI is InChI=1S/C12H22N2S/c1-6-7-12-11(9(2)3)8-10(4)14(12)13-15-5/h7,9,11,13H,4,6,8H2,1-3,5H3/b12-7+. The topological polar surface area (TPSA) is 15.3 Å². The van der Waals surface area contributed by atoms with E-state index in [2.05, 4.69) is 43.3 Å². The number of hydrazine groups is 1. The van der Waals surface area contributed by atoms with E-state index in [9.17, 15) is 0 Å². The van der Waals surface area contributed by atoms with Crippen molar-refractivity contribution in [3.63, 3.8) is 0 Å². The van der Waals surface area contributed by atoms with Gasteiger partial charge in [-0.1, -0.05) is 45.4 Å². The fourth-order valence-corrected chi connectivity index (χ4v) is 2.45. The van der Waals surface area contributed by atoms with Crippen LogP contribution in [0, 0.1) is 11.8 Å². The Morgan fingerprint density at radius 2 is 2.33 bits per heavy atom. The summed E-state index contributed by atoms with van der Waals surface area (Å²) in [6, 6.07) is 0. The van der Waals surface area contributed by atoms with Crippen molar-refractivity contribution in [2.24, 2.45) is 11.8 Å². The summed E-state index contributed by atoms with van der Waals surface area (Å²) >= 11 is 1.62. The zero-order valence-corrected chi connectivity index (χ0v) is 11.0. The van der Waals surface area contributed by atoms with Crippen LogP contribution in [0.5, 0.6) is 0 Å². The molecule has 0 spiro atoms. The van der Waals surface area contributed by atoms with Crippen LogP contribution in [0.25, 0.3) is 0 Å². The zero-order chi connectivity index (χ0) is 11.4. The molecule has 1 fully saturated rings. The number of nitrogens with one attached hydrogen (secondary N) is 1. The van der Waals surface area contributed by atoms with Gasteiger partial charge in [-0.3, -0.25) is 5.01 Å². The quantitative estimate of drug-likeness (QED) is 0.738. The summed E-state index contributed by atoms with van der Waals surface area (Å²) in [7, 11) is 0. The molecule has 0 aliphatic carbocycles. The third kappa shape index (κ3) is 2.79. The Kier molecular flexibility index (Phi) is 4.74. The average Bonchev–Trinajstić information content (AvgIpc) is 2.47. The second-order valence-corrected chi connectivity index (χ2v) is 4.88. The number of hydrogen-bond donors (Lipinski definition) is 1. The first kappa shape index (κ1) is 12.7. The van der Waals surface area contributed by atoms with Crippen molar-refractivity contribution in [1.82, 2.24) is 9.84 Å². The third-order valence-corrected chi connectivity index (χ3v) is 3.18. The zero-order valence-electron chi connectivity index (χ0n) is 10.2. The maximum absolute atomic E-state index is 4.13. The highest BCUT2D eigenvalue weighted by atomic mass is 32.2. The lowest BCUT2D eigenvalue weighted by molar-refractivity contribution is 0.388. The Morgan fingerprint density at radius 3 is 2.80 bits per heavy atom. The fraction of sp³-hybridized carbons (Fsp3) is 0.667. The smallest absolute Gasteiger partial charge is 0.0354 e. The van der Waals surface area contributed by atoms with Crippen LogP contribution in [0.2, 0.25) is 0 Å². The molecule has 3 heteroatoms. The van der Waals surface area contributed by atoms with Gasteiger partial charge in [-0.25, -0.2) is 0 Å². The average molecular weight is 226 g/mol. The summed E-state index contributed by atoms with van der Waals surface area (Å²) in [5.74, 6) is 1.30. The van der Waals surface area contributed by atoms with Gasteiger partial charge < -0.3 is 0 Å². The van der Waals surface area contributed by atoms with Gasteiger partial charge in [0.2, 0.25) is 0 Å². The van der Waals surface area contributed by atoms with E-state index in [-0.39, 0.29) is 0 Å². The maximum atomic E-state index is 4.13. The normalized spacial score (nSPS) is 24.6. The molecule has 1 unspecified atom stereocenters. The fourth-order valence-electron chi connectivity index (χ4n) is 2.04. The molecule has 0 aromatic carbocycles. The second kappa shape index (κ2) is 5.61. The molecule has 0 aromatic rings. The molecule has 1 saturated heterocycles. The molecule has 1 N–H and O–H groups in total. The lowest BCUT2D eigenvalue weighted by atomic mass is 9.91. The van der Waals surface area contributed by atoms with Gasteiger partial charge in [-0.15, -0.1) is 0 Å². The second-order valence-electron chi connectivity index (χ2n) is 4.29. The van der Waals surface area contributed by atoms with E-state index in [1.807, 2.05) is 6.26 Å². The van der Waals surface area contributed by atoms with E-state index in [0.717, 1.165) is 12.8 Å². The Balaban J connectivity index is 2.88. The van der Waals surface area contributed by atoms with Crippen molar-refractivity contribution in [1.29, 1.82) is 0 Å². The van der Waals surface area contributed by atoms with Crippen LogP contribution in [-0.2, 0) is 0 Å². The monoisotopic (exact) mass is 226 g/mol. The van der Waals surface area contributed by atoms with Gasteiger partial charge in [0, 0.05) is 17.3 Å². The number of nitrogens with zero attached hydrogens (tertiary/aromatic N) is 1. The molecule has 0 radical (unpaired) electrons. The molecule has 15 heavy (non-hydrogen) atoms. The van der Waals surface area contributed by atoms with Gasteiger partial charge >= 0.3 is 0 Å². The molecule has 0 bridgehead atoms. The summed E-state index contributed by atoms with van der Waals surface area (Å²) in [5, 5.41) is 2.15. The first-order chi connectivity index (χ1) is 7.11. The van der Waals surface area contributed by atoms with Crippen LogP contribution in [0.4, 0.5) is 0 Å². The highest BCUT2D eigenvalue weighted by Gasteiger charge is 2.32. The first-order valence-corrected chi connectivity index (χ1v) is 6.80. The summed E-state index contributed by atoms with van der Waals surface area (Å²) in [6.45, 7) is 10.9. The van der Waals surface area contributed by atoms with E-state index in [1.165, 1.54) is 11.4 Å². The van der Waals surface area contributed by atoms with Gasteiger partial charge in [-0.2, -0.15) is 4.83 Å². The van der Waals surface area contributed by atoms with Crippen LogP contribution in [-0.4, -0.2) is 11.3 Å². The minimum Gasteiger partial charge on any atom is -0.276 e. The van der Waals surface area contributed by atoms with Gasteiger partial charge in [0.1, 0.15) is 0 Å². The van der Waals surface area contributed by atoms with Crippen molar-refractivity contribution in [2.45, 2.75) is 33.6 Å². The predicted molar refractivity (Wildman–Crippen MR) is 68.9 cm³/mol. The van der Waals surface area contributed by atoms with Crippen molar-refractivity contribution in [3.8, 4) is 0 Å². The molecular formula is C12H22N2S. The molecule has 1 rings (SSSR count). The molecule has 0 saturated carbocycles. The first-order valence-electron chi connectivity index (χ1n) is 5.58. The van der Waals surface area contributed by atoms with Crippen LogP contribution in [0.15, 0.2) is 24.0 Å². The Morgan fingerprint density at radius 1 is 1.67 bits per heavy atom. The molecule has 86 valence electrons. The summed E-state index contributed by atoms with van der Waals surface area (Å²) in [6.07, 6.45) is 6.51. The number of allylic oxidation sites excluding steroid dienone is 3. The van der Waals surface area contributed by atoms with Crippen LogP contribution in [0.3, 0.4) is 0 Å². The third-order valence-electron chi connectivity index (χ3n) is 2.81. The molecule has 1 aliphatic heterocycles. The van der Waals surface area contributed by atoms with Crippen molar-refractivity contribution >= 4 is 11.9 Å². The molecule has 1 heterocycles. The molecule has 0 amide bonds. The van der Waals surface area contributed by atoms with Crippen LogP contribution < -0.4 is 4.83 Å². The maximum Gasteiger partial charge on any atom is 0.0354 e. The summed E-state index contributed by atoms with van der Waals surface area (Å²) in [5.41, 5.74) is 2.58. The molecule has 1 atom stereocenters. The van der Waals surface area contributed by atoms with Crippen molar-refractivity contribution in [3.05, 3.63) is 24.0 Å². The lowest BCUT2D eigenvalue weighted by Gasteiger charge is -2.23. The van der Waals surface area contributed by atoms with Crippen molar-refractivity contribution in [2.75, 3.05) is 6.26 Å². The summed E-state index contributed by atoms with van der Waals surface area (Å²) in [4.78, 5) is 3.30. The molecule has 2 nitrogen and oxygen atoms in total. The van der Waals surface area contributed by atoms with Gasteiger partial charge in [0.15, 0.2) is 0 Å². The Hall–Kier alpha value is -0.410. The van der Waals surface area contributed by atoms with Gasteiger partial charge in [0.05, 0.1) is 0 Å². The lowest BCUT2D eigenvalue weighted by Crippen LogP contribution is -2.28. The molecular weight excluding hydrogens is 204 g/mol. The van der Waals surface area contributed by atoms with Crippen LogP contribution >= 0.6 is 11.9 Å². The Labute approximate surface area is 97.9 Å². The van der Waals surface area contributed by atoms with E-state index in [4.69, 9.17) is 0 Å².